The molecule has 6 heteroatoms. The van der Waals surface area contributed by atoms with Gasteiger partial charge >= 0.3 is 5.97 Å². The number of hydrogen-bond donors (Lipinski definition) is 2. The van der Waals surface area contributed by atoms with Gasteiger partial charge in [-0.1, -0.05) is 6.92 Å². The number of alkyl halides is 2. The van der Waals surface area contributed by atoms with E-state index in [1.165, 1.54) is 0 Å². The van der Waals surface area contributed by atoms with Gasteiger partial charge in [0.15, 0.2) is 0 Å². The van der Waals surface area contributed by atoms with Crippen LogP contribution in [-0.4, -0.2) is 43.3 Å². The van der Waals surface area contributed by atoms with Crippen LogP contribution in [-0.2, 0) is 9.53 Å². The molecule has 90 valence electrons. The number of carboxylic acids is 1. The number of carbonyl (C=O) groups is 1. The SMILES string of the molecule is CCCNC(CCOCC(F)F)C(=O)O. The number of rotatable bonds is 9. The van der Waals surface area contributed by atoms with Crippen molar-refractivity contribution in [1.29, 1.82) is 0 Å². The van der Waals surface area contributed by atoms with Gasteiger partial charge in [0.25, 0.3) is 6.43 Å². The summed E-state index contributed by atoms with van der Waals surface area (Å²) in [6, 6.07) is -0.720. The summed E-state index contributed by atoms with van der Waals surface area (Å²) in [4.78, 5) is 10.7. The monoisotopic (exact) mass is 225 g/mol. The lowest BCUT2D eigenvalue weighted by molar-refractivity contribution is -0.140. The third-order valence-corrected chi connectivity index (χ3v) is 1.73. The minimum absolute atomic E-state index is 0.0258. The first-order valence-corrected chi connectivity index (χ1v) is 4.90. The van der Waals surface area contributed by atoms with Crippen LogP contribution >= 0.6 is 0 Å². The Morgan fingerprint density at radius 2 is 2.20 bits per heavy atom. The standard InChI is InChI=1S/C9H17F2NO3/c1-2-4-12-7(9(13)14)3-5-15-6-8(10)11/h7-8,12H,2-6H2,1H3,(H,13,14). The molecule has 4 nitrogen and oxygen atoms in total. The zero-order valence-electron chi connectivity index (χ0n) is 8.71. The molecule has 0 saturated carbocycles. The number of ether oxygens (including phenoxy) is 1. The normalized spacial score (nSPS) is 13.1. The van der Waals surface area contributed by atoms with Gasteiger partial charge in [0, 0.05) is 6.61 Å². The fraction of sp³-hybridized carbons (Fsp3) is 0.889. The number of aliphatic carboxylic acids is 1. The Balaban J connectivity index is 3.62. The highest BCUT2D eigenvalue weighted by Crippen LogP contribution is 1.97. The second-order valence-electron chi connectivity index (χ2n) is 3.10. The molecular formula is C9H17F2NO3. The Morgan fingerprint density at radius 3 is 2.67 bits per heavy atom. The molecule has 0 aromatic heterocycles. The zero-order valence-corrected chi connectivity index (χ0v) is 8.71. The maximum absolute atomic E-state index is 11.7. The summed E-state index contributed by atoms with van der Waals surface area (Å²) in [5, 5.41) is 11.5. The van der Waals surface area contributed by atoms with Crippen LogP contribution in [0.3, 0.4) is 0 Å². The largest absolute Gasteiger partial charge is 0.480 e. The summed E-state index contributed by atoms with van der Waals surface area (Å²) in [7, 11) is 0. The second kappa shape index (κ2) is 8.55. The summed E-state index contributed by atoms with van der Waals surface area (Å²) in [5.74, 6) is -0.982. The van der Waals surface area contributed by atoms with E-state index in [1.54, 1.807) is 0 Å². The fourth-order valence-corrected chi connectivity index (χ4v) is 1.01. The highest BCUT2D eigenvalue weighted by molar-refractivity contribution is 5.73. The van der Waals surface area contributed by atoms with Gasteiger partial charge in [-0.2, -0.15) is 0 Å². The minimum Gasteiger partial charge on any atom is -0.480 e. The predicted molar refractivity (Wildman–Crippen MR) is 51.2 cm³/mol. The number of hydrogen-bond acceptors (Lipinski definition) is 3. The quantitative estimate of drug-likeness (QED) is 0.577. The number of carboxylic acid groups (broad SMARTS) is 1. The van der Waals surface area contributed by atoms with E-state index < -0.39 is 25.0 Å². The molecule has 0 amide bonds. The van der Waals surface area contributed by atoms with Crippen LogP contribution in [0.15, 0.2) is 0 Å². The molecule has 2 N–H and O–H groups in total. The van der Waals surface area contributed by atoms with Crippen molar-refractivity contribution in [2.45, 2.75) is 32.2 Å². The van der Waals surface area contributed by atoms with Gasteiger partial charge in [-0.05, 0) is 19.4 Å². The summed E-state index contributed by atoms with van der Waals surface area (Å²) in [6.45, 7) is 1.89. The van der Waals surface area contributed by atoms with Crippen molar-refractivity contribution in [3.05, 3.63) is 0 Å². The van der Waals surface area contributed by atoms with E-state index in [4.69, 9.17) is 5.11 Å². The van der Waals surface area contributed by atoms with Gasteiger partial charge < -0.3 is 15.2 Å². The maximum atomic E-state index is 11.7. The minimum atomic E-state index is -2.50. The van der Waals surface area contributed by atoms with Crippen LogP contribution in [0.1, 0.15) is 19.8 Å². The lowest BCUT2D eigenvalue weighted by Crippen LogP contribution is -2.38. The van der Waals surface area contributed by atoms with Crippen LogP contribution in [0.2, 0.25) is 0 Å². The second-order valence-corrected chi connectivity index (χ2v) is 3.10. The highest BCUT2D eigenvalue weighted by Gasteiger charge is 2.15. The number of nitrogens with one attached hydrogen (secondary N) is 1. The Kier molecular flexibility index (Phi) is 8.12. The summed E-state index contributed by atoms with van der Waals surface area (Å²) >= 11 is 0. The molecule has 0 aromatic rings. The Hall–Kier alpha value is -0.750. The van der Waals surface area contributed by atoms with E-state index in [0.29, 0.717) is 6.54 Å². The molecule has 15 heavy (non-hydrogen) atoms. The van der Waals surface area contributed by atoms with Crippen molar-refractivity contribution in [2.75, 3.05) is 19.8 Å². The van der Waals surface area contributed by atoms with Crippen LogP contribution in [0.4, 0.5) is 8.78 Å². The van der Waals surface area contributed by atoms with Crippen molar-refractivity contribution >= 4 is 5.97 Å². The fourth-order valence-electron chi connectivity index (χ4n) is 1.01. The van der Waals surface area contributed by atoms with Gasteiger partial charge in [0.05, 0.1) is 0 Å². The lowest BCUT2D eigenvalue weighted by atomic mass is 10.2. The molecule has 0 spiro atoms. The van der Waals surface area contributed by atoms with Crippen LogP contribution < -0.4 is 5.32 Å². The summed E-state index contributed by atoms with van der Waals surface area (Å²) in [5.41, 5.74) is 0. The predicted octanol–water partition coefficient (Wildman–Crippen LogP) is 1.11. The van der Waals surface area contributed by atoms with Gasteiger partial charge in [-0.15, -0.1) is 0 Å². The van der Waals surface area contributed by atoms with Gasteiger partial charge in [-0.3, -0.25) is 4.79 Å². The smallest absolute Gasteiger partial charge is 0.320 e. The van der Waals surface area contributed by atoms with Crippen LogP contribution in [0.25, 0.3) is 0 Å². The van der Waals surface area contributed by atoms with Crippen LogP contribution in [0, 0.1) is 0 Å². The number of halogens is 2. The lowest BCUT2D eigenvalue weighted by Gasteiger charge is -2.13. The van der Waals surface area contributed by atoms with Gasteiger partial charge in [0.2, 0.25) is 0 Å². The van der Waals surface area contributed by atoms with Crippen molar-refractivity contribution < 1.29 is 23.4 Å². The molecule has 0 aliphatic rings. The first-order chi connectivity index (χ1) is 7.07. The van der Waals surface area contributed by atoms with E-state index >= 15 is 0 Å². The molecule has 1 atom stereocenters. The third-order valence-electron chi connectivity index (χ3n) is 1.73. The molecule has 0 aliphatic heterocycles. The van der Waals surface area contributed by atoms with E-state index in [2.05, 4.69) is 10.1 Å². The first-order valence-electron chi connectivity index (χ1n) is 4.90. The Labute approximate surface area is 87.6 Å². The molecule has 0 aliphatic carbocycles. The van der Waals surface area contributed by atoms with E-state index in [-0.39, 0.29) is 13.0 Å². The average molecular weight is 225 g/mol. The maximum Gasteiger partial charge on any atom is 0.320 e. The molecule has 0 bridgehead atoms. The molecule has 0 heterocycles. The van der Waals surface area contributed by atoms with Crippen LogP contribution in [0.5, 0.6) is 0 Å². The zero-order chi connectivity index (χ0) is 11.7. The molecule has 0 aromatic carbocycles. The first kappa shape index (κ1) is 14.2. The molecular weight excluding hydrogens is 208 g/mol. The Bertz CT molecular complexity index is 179. The van der Waals surface area contributed by atoms with Crippen molar-refractivity contribution in [2.24, 2.45) is 0 Å². The van der Waals surface area contributed by atoms with E-state index in [0.717, 1.165) is 6.42 Å². The van der Waals surface area contributed by atoms with Crippen molar-refractivity contribution in [3.8, 4) is 0 Å². The molecule has 0 saturated heterocycles. The summed E-state index contributed by atoms with van der Waals surface area (Å²) in [6.07, 6.45) is -1.49. The topological polar surface area (TPSA) is 58.6 Å². The highest BCUT2D eigenvalue weighted by atomic mass is 19.3. The average Bonchev–Trinajstić information content (AvgIpc) is 2.15. The van der Waals surface area contributed by atoms with Gasteiger partial charge in [0.1, 0.15) is 12.6 Å². The van der Waals surface area contributed by atoms with Crippen molar-refractivity contribution in [3.63, 3.8) is 0 Å². The van der Waals surface area contributed by atoms with Gasteiger partial charge in [-0.25, -0.2) is 8.78 Å². The molecule has 0 rings (SSSR count). The molecule has 0 fully saturated rings. The third kappa shape index (κ3) is 8.26. The van der Waals surface area contributed by atoms with Crippen molar-refractivity contribution in [1.82, 2.24) is 5.32 Å². The Morgan fingerprint density at radius 1 is 1.53 bits per heavy atom. The summed E-state index contributed by atoms with van der Waals surface area (Å²) < 4.78 is 27.9. The molecule has 1 unspecified atom stereocenters. The molecule has 0 radical (unpaired) electrons. The van der Waals surface area contributed by atoms with E-state index in [1.807, 2.05) is 6.92 Å². The van der Waals surface area contributed by atoms with E-state index in [9.17, 15) is 13.6 Å².